The molecule has 3 heterocycles. The summed E-state index contributed by atoms with van der Waals surface area (Å²) in [6.07, 6.45) is 2.36. The monoisotopic (exact) mass is 439 g/mol. The lowest BCUT2D eigenvalue weighted by Gasteiger charge is -2.35. The molecule has 2 aromatic carbocycles. The van der Waals surface area contributed by atoms with E-state index in [0.717, 1.165) is 35.3 Å². The molecular formula is C27H25N3O3. The van der Waals surface area contributed by atoms with Crippen molar-refractivity contribution in [3.63, 3.8) is 0 Å². The number of pyridine rings is 1. The van der Waals surface area contributed by atoms with Gasteiger partial charge in [0, 0.05) is 17.8 Å². The van der Waals surface area contributed by atoms with E-state index in [1.54, 1.807) is 0 Å². The average molecular weight is 440 g/mol. The first-order valence-electron chi connectivity index (χ1n) is 11.5. The summed E-state index contributed by atoms with van der Waals surface area (Å²) >= 11 is 0. The second-order valence-electron chi connectivity index (χ2n) is 9.08. The van der Waals surface area contributed by atoms with Gasteiger partial charge < -0.3 is 14.1 Å². The van der Waals surface area contributed by atoms with Gasteiger partial charge in [0.15, 0.2) is 5.58 Å². The third-order valence-corrected chi connectivity index (χ3v) is 6.77. The average Bonchev–Trinajstić information content (AvgIpc) is 3.49. The Kier molecular flexibility index (Phi) is 4.86. The van der Waals surface area contributed by atoms with Crippen LogP contribution in [0.2, 0.25) is 0 Å². The number of hydrogen-bond acceptors (Lipinski definition) is 5. The first-order valence-corrected chi connectivity index (χ1v) is 11.5. The van der Waals surface area contributed by atoms with Crippen molar-refractivity contribution in [2.45, 2.75) is 25.8 Å². The molecule has 33 heavy (non-hydrogen) atoms. The summed E-state index contributed by atoms with van der Waals surface area (Å²) in [5.41, 5.74) is 4.66. The van der Waals surface area contributed by atoms with Gasteiger partial charge in [-0.1, -0.05) is 48.5 Å². The highest BCUT2D eigenvalue weighted by atomic mass is 16.6. The molecular weight excluding hydrogens is 414 g/mol. The maximum Gasteiger partial charge on any atom is 0.394 e. The largest absolute Gasteiger partial charge is 0.448 e. The van der Waals surface area contributed by atoms with E-state index < -0.39 is 0 Å². The predicted octanol–water partition coefficient (Wildman–Crippen LogP) is 5.13. The van der Waals surface area contributed by atoms with Crippen molar-refractivity contribution in [1.82, 2.24) is 14.9 Å². The number of piperidine rings is 1. The van der Waals surface area contributed by atoms with E-state index in [4.69, 9.17) is 9.15 Å². The second-order valence-corrected chi connectivity index (χ2v) is 9.08. The fourth-order valence-corrected chi connectivity index (χ4v) is 4.89. The zero-order chi connectivity index (χ0) is 22.4. The van der Waals surface area contributed by atoms with E-state index >= 15 is 0 Å². The van der Waals surface area contributed by atoms with Gasteiger partial charge in [-0.15, -0.1) is 0 Å². The van der Waals surface area contributed by atoms with Gasteiger partial charge in [0.05, 0.1) is 6.04 Å². The molecule has 1 saturated heterocycles. The van der Waals surface area contributed by atoms with E-state index in [0.29, 0.717) is 29.7 Å². The quantitative estimate of drug-likeness (QED) is 0.431. The normalized spacial score (nSPS) is 21.6. The van der Waals surface area contributed by atoms with Crippen LogP contribution in [0.5, 0.6) is 6.08 Å². The lowest BCUT2D eigenvalue weighted by atomic mass is 9.99. The Labute approximate surface area is 192 Å². The van der Waals surface area contributed by atoms with Gasteiger partial charge in [-0.2, -0.15) is 4.98 Å². The zero-order valence-electron chi connectivity index (χ0n) is 18.5. The SMILES string of the molecule is Cc1ccc(-c2ccccc2)c(C(=O)N2C[C@@H]3C[C@@H]3C[C@H]2COc2nc3ccccc3o2)n1. The van der Waals surface area contributed by atoms with Crippen LogP contribution < -0.4 is 4.74 Å². The van der Waals surface area contributed by atoms with Gasteiger partial charge in [-0.25, -0.2) is 4.98 Å². The predicted molar refractivity (Wildman–Crippen MR) is 125 cm³/mol. The molecule has 0 spiro atoms. The first-order chi connectivity index (χ1) is 16.2. The molecule has 0 bridgehead atoms. The second kappa shape index (κ2) is 8.03. The van der Waals surface area contributed by atoms with Crippen LogP contribution in [0.1, 0.15) is 29.0 Å². The number of carbonyl (C=O) groups is 1. The van der Waals surface area contributed by atoms with Gasteiger partial charge >= 0.3 is 6.08 Å². The molecule has 6 nitrogen and oxygen atoms in total. The minimum absolute atomic E-state index is 0.0333. The van der Waals surface area contributed by atoms with Crippen LogP contribution in [-0.2, 0) is 0 Å². The number of fused-ring (bicyclic) bond motifs is 2. The van der Waals surface area contributed by atoms with Gasteiger partial charge in [0.25, 0.3) is 5.91 Å². The van der Waals surface area contributed by atoms with Gasteiger partial charge in [-0.05, 0) is 55.4 Å². The van der Waals surface area contributed by atoms with Crippen molar-refractivity contribution in [2.75, 3.05) is 13.2 Å². The number of oxazole rings is 1. The molecule has 0 N–H and O–H groups in total. The number of para-hydroxylation sites is 2. The summed E-state index contributed by atoms with van der Waals surface area (Å²) < 4.78 is 11.7. The van der Waals surface area contributed by atoms with Crippen LogP contribution in [0.25, 0.3) is 22.2 Å². The van der Waals surface area contributed by atoms with E-state index in [9.17, 15) is 4.79 Å². The van der Waals surface area contributed by atoms with Crippen LogP contribution >= 0.6 is 0 Å². The first kappa shape index (κ1) is 20.0. The molecule has 1 aliphatic carbocycles. The Hall–Kier alpha value is -3.67. The van der Waals surface area contributed by atoms with Crippen LogP contribution in [0, 0.1) is 18.8 Å². The van der Waals surface area contributed by atoms with E-state index in [1.165, 1.54) is 6.42 Å². The number of hydrogen-bond donors (Lipinski definition) is 0. The number of nitrogens with zero attached hydrogens (tertiary/aromatic N) is 3. The highest BCUT2D eigenvalue weighted by molar-refractivity contribution is 5.99. The lowest BCUT2D eigenvalue weighted by molar-refractivity contribution is 0.0477. The molecule has 4 aromatic rings. The Morgan fingerprint density at radius 2 is 1.82 bits per heavy atom. The Bertz CT molecular complexity index is 1280. The fourth-order valence-electron chi connectivity index (χ4n) is 4.89. The van der Waals surface area contributed by atoms with E-state index in [-0.39, 0.29) is 18.0 Å². The highest BCUT2D eigenvalue weighted by Crippen LogP contribution is 2.47. The summed E-state index contributed by atoms with van der Waals surface area (Å²) in [6, 6.07) is 21.5. The smallest absolute Gasteiger partial charge is 0.394 e. The van der Waals surface area contributed by atoms with Crippen molar-refractivity contribution in [2.24, 2.45) is 11.8 Å². The number of rotatable bonds is 5. The van der Waals surface area contributed by atoms with Crippen LogP contribution in [0.15, 0.2) is 71.1 Å². The van der Waals surface area contributed by atoms with Crippen LogP contribution in [-0.4, -0.2) is 40.0 Å². The molecule has 0 unspecified atom stereocenters. The molecule has 6 heteroatoms. The molecule has 6 rings (SSSR count). The number of aryl methyl sites for hydroxylation is 1. The maximum atomic E-state index is 13.8. The third-order valence-electron chi connectivity index (χ3n) is 6.77. The molecule has 2 fully saturated rings. The standard InChI is InChI=1S/C27H25N3O3/c1-17-11-12-22(18-7-3-2-4-8-18)25(28-17)26(31)30-15-20-13-19(20)14-21(30)16-32-27-29-23-9-5-6-10-24(23)33-27/h2-12,19-21H,13-16H2,1H3/t19-,20+,21+/m1/s1. The molecule has 2 aliphatic rings. The van der Waals surface area contributed by atoms with Crippen molar-refractivity contribution < 1.29 is 13.9 Å². The lowest BCUT2D eigenvalue weighted by Crippen LogP contribution is -2.48. The number of carbonyl (C=O) groups excluding carboxylic acids is 1. The number of ether oxygens (including phenoxy) is 1. The van der Waals surface area contributed by atoms with Crippen LogP contribution in [0.3, 0.4) is 0 Å². The Morgan fingerprint density at radius 1 is 1.00 bits per heavy atom. The highest BCUT2D eigenvalue weighted by Gasteiger charge is 2.47. The van der Waals surface area contributed by atoms with Crippen molar-refractivity contribution in [1.29, 1.82) is 0 Å². The number of likely N-dealkylation sites (tertiary alicyclic amines) is 1. The molecule has 1 amide bonds. The Balaban J connectivity index is 1.27. The van der Waals surface area contributed by atoms with Gasteiger partial charge in [0.1, 0.15) is 17.8 Å². The van der Waals surface area contributed by atoms with Crippen LogP contribution in [0.4, 0.5) is 0 Å². The number of amides is 1. The minimum atomic E-state index is -0.0396. The Morgan fingerprint density at radius 3 is 2.67 bits per heavy atom. The van der Waals surface area contributed by atoms with E-state index in [1.807, 2.05) is 78.6 Å². The van der Waals surface area contributed by atoms with Crippen molar-refractivity contribution in [3.05, 3.63) is 78.1 Å². The summed E-state index contributed by atoms with van der Waals surface area (Å²) in [5, 5.41) is 0. The molecule has 1 saturated carbocycles. The zero-order valence-corrected chi connectivity index (χ0v) is 18.5. The minimum Gasteiger partial charge on any atom is -0.448 e. The molecule has 166 valence electrons. The van der Waals surface area contributed by atoms with Gasteiger partial charge in [0.2, 0.25) is 0 Å². The summed E-state index contributed by atoms with van der Waals surface area (Å²) in [4.78, 5) is 24.9. The molecule has 0 radical (unpaired) electrons. The molecule has 1 aliphatic heterocycles. The third kappa shape index (κ3) is 3.86. The molecule has 3 atom stereocenters. The van der Waals surface area contributed by atoms with Crippen molar-refractivity contribution >= 4 is 17.0 Å². The number of aromatic nitrogens is 2. The summed E-state index contributed by atoms with van der Waals surface area (Å²) in [7, 11) is 0. The van der Waals surface area contributed by atoms with Crippen molar-refractivity contribution in [3.8, 4) is 17.2 Å². The maximum absolute atomic E-state index is 13.8. The summed E-state index contributed by atoms with van der Waals surface area (Å²) in [6.45, 7) is 3.02. The topological polar surface area (TPSA) is 68.5 Å². The van der Waals surface area contributed by atoms with E-state index in [2.05, 4.69) is 9.97 Å². The number of benzene rings is 2. The fraction of sp³-hybridized carbons (Fsp3) is 0.296. The van der Waals surface area contributed by atoms with Gasteiger partial charge in [-0.3, -0.25) is 4.79 Å². The molecule has 2 aromatic heterocycles. The summed E-state index contributed by atoms with van der Waals surface area (Å²) in [5.74, 6) is 1.22.